The standard InChI is InChI=1S/C24H30N6O2.C16H18N6.C6H13NO.ClH/c1-16(2)32-21-14-30(15-21)23(31)8-7-18-5-6-19(11-17(18)3)22-9-10-25-24(28-22)27-20-12-26-29(4)13-20;1-11-7-12(3-4-13(11)8-17)15-5-6-18-16(21-15)20-14-9-19-22(2)10-14;1-5(2)8-6-3-7-4-6;/h5-6,9-13,16,21H,7-8,14-15H2,1-4H3,(H,25,27,28);3-7,9-10H,8,17H2,1-2H3,(H,18,20,21);5-7H,3-4H2,1-2H3;1H. The molecule has 0 bridgehead atoms. The zero-order valence-electron chi connectivity index (χ0n) is 37.6. The SMILES string of the molecule is CC(C)OC1CNC1.Cc1cc(-c2ccnc(Nc3cnn(C)c3)n2)ccc1CCC(=O)N1CC(OC(C)C)C1.Cc1cc(-c2ccnc(Nc3cnn(C)c3)n2)ccc1CN.Cl. The number of halogens is 1. The lowest BCUT2D eigenvalue weighted by Gasteiger charge is -2.40. The zero-order chi connectivity index (χ0) is 44.2. The highest BCUT2D eigenvalue weighted by atomic mass is 35.5. The first-order valence-electron chi connectivity index (χ1n) is 21.2. The Bertz CT molecular complexity index is 2370. The molecular formula is C46H62ClN13O3. The zero-order valence-corrected chi connectivity index (χ0v) is 38.4. The van der Waals surface area contributed by atoms with Gasteiger partial charge in [-0.3, -0.25) is 14.2 Å². The van der Waals surface area contributed by atoms with Crippen LogP contribution in [0.1, 0.15) is 56.4 Å². The number of nitrogens with zero attached hydrogens (tertiary/aromatic N) is 9. The molecule has 8 rings (SSSR count). The first-order chi connectivity index (χ1) is 29.8. The number of carbonyl (C=O) groups excluding carboxylic acids is 1. The second-order valence-corrected chi connectivity index (χ2v) is 16.1. The van der Waals surface area contributed by atoms with Gasteiger partial charge in [-0.15, -0.1) is 12.4 Å². The van der Waals surface area contributed by atoms with E-state index in [9.17, 15) is 4.79 Å². The Morgan fingerprint density at radius 2 is 1.25 bits per heavy atom. The van der Waals surface area contributed by atoms with E-state index in [2.05, 4.69) is 98.0 Å². The fraction of sp³-hybridized carbons (Fsp3) is 0.413. The van der Waals surface area contributed by atoms with E-state index in [0.717, 1.165) is 64.5 Å². The smallest absolute Gasteiger partial charge is 0.227 e. The fourth-order valence-electron chi connectivity index (χ4n) is 6.86. The number of aryl methyl sites for hydroxylation is 5. The van der Waals surface area contributed by atoms with Crippen molar-refractivity contribution in [2.75, 3.05) is 36.8 Å². The van der Waals surface area contributed by atoms with Gasteiger partial charge in [0.2, 0.25) is 17.8 Å². The molecule has 5 N–H and O–H groups in total. The molecular weight excluding hydrogens is 818 g/mol. The molecule has 6 heterocycles. The van der Waals surface area contributed by atoms with Crippen molar-refractivity contribution < 1.29 is 14.3 Å². The topological polar surface area (TPSA) is 188 Å². The highest BCUT2D eigenvalue weighted by molar-refractivity contribution is 5.85. The van der Waals surface area contributed by atoms with Crippen LogP contribution in [0.3, 0.4) is 0 Å². The number of ether oxygens (including phenoxy) is 2. The molecule has 0 radical (unpaired) electrons. The minimum Gasteiger partial charge on any atom is -0.373 e. The van der Waals surface area contributed by atoms with Crippen LogP contribution in [0, 0.1) is 13.8 Å². The Kier molecular flexibility index (Phi) is 17.7. The second-order valence-electron chi connectivity index (χ2n) is 16.1. The van der Waals surface area contributed by atoms with Crippen LogP contribution in [0.4, 0.5) is 23.3 Å². The maximum absolute atomic E-state index is 12.5. The molecule has 0 unspecified atom stereocenters. The van der Waals surface area contributed by atoms with Gasteiger partial charge in [0.1, 0.15) is 0 Å². The van der Waals surface area contributed by atoms with E-state index in [4.69, 9.17) is 15.2 Å². The van der Waals surface area contributed by atoms with Crippen LogP contribution < -0.4 is 21.7 Å². The van der Waals surface area contributed by atoms with Crippen molar-refractivity contribution in [2.45, 2.75) is 85.3 Å². The van der Waals surface area contributed by atoms with Gasteiger partial charge in [-0.2, -0.15) is 10.2 Å². The first kappa shape index (κ1) is 48.3. The number of likely N-dealkylation sites (tertiary alicyclic amines) is 1. The average molecular weight is 881 g/mol. The Labute approximate surface area is 376 Å². The van der Waals surface area contributed by atoms with Gasteiger partial charge in [-0.05, 0) is 94.5 Å². The molecule has 17 heteroatoms. The van der Waals surface area contributed by atoms with Gasteiger partial charge in [0.05, 0.1) is 59.6 Å². The fourth-order valence-corrected chi connectivity index (χ4v) is 6.86. The number of nitrogens with one attached hydrogen (secondary N) is 3. The van der Waals surface area contributed by atoms with Gasteiger partial charge in [0.15, 0.2) is 0 Å². The van der Waals surface area contributed by atoms with Crippen LogP contribution in [-0.2, 0) is 41.3 Å². The quantitative estimate of drug-likeness (QED) is 0.0907. The number of anilines is 4. The second kappa shape index (κ2) is 23.1. The lowest BCUT2D eigenvalue weighted by atomic mass is 9.99. The third-order valence-electron chi connectivity index (χ3n) is 10.2. The minimum atomic E-state index is 0. The van der Waals surface area contributed by atoms with Gasteiger partial charge in [-0.1, -0.05) is 24.3 Å². The third-order valence-corrected chi connectivity index (χ3v) is 10.2. The third kappa shape index (κ3) is 14.4. The van der Waals surface area contributed by atoms with Crippen LogP contribution >= 0.6 is 12.4 Å². The summed E-state index contributed by atoms with van der Waals surface area (Å²) in [5.74, 6) is 1.27. The number of benzene rings is 2. The van der Waals surface area contributed by atoms with E-state index in [-0.39, 0.29) is 30.5 Å². The van der Waals surface area contributed by atoms with E-state index < -0.39 is 0 Å². The molecule has 0 spiro atoms. The molecule has 2 aromatic carbocycles. The lowest BCUT2D eigenvalue weighted by molar-refractivity contribution is -0.148. The van der Waals surface area contributed by atoms with Gasteiger partial charge >= 0.3 is 0 Å². The summed E-state index contributed by atoms with van der Waals surface area (Å²) in [4.78, 5) is 32.1. The highest BCUT2D eigenvalue weighted by Gasteiger charge is 2.31. The molecule has 1 amide bonds. The summed E-state index contributed by atoms with van der Waals surface area (Å²) in [6, 6.07) is 16.2. The summed E-state index contributed by atoms with van der Waals surface area (Å²) < 4.78 is 14.6. The Balaban J connectivity index is 0.000000208. The molecule has 2 aliphatic heterocycles. The summed E-state index contributed by atoms with van der Waals surface area (Å²) in [6.45, 7) is 16.4. The Morgan fingerprint density at radius 1 is 0.762 bits per heavy atom. The number of carbonyl (C=O) groups is 1. The number of rotatable bonds is 14. The highest BCUT2D eigenvalue weighted by Crippen LogP contribution is 2.25. The van der Waals surface area contributed by atoms with Crippen LogP contribution in [0.2, 0.25) is 0 Å². The van der Waals surface area contributed by atoms with Gasteiger partial charge in [0.25, 0.3) is 0 Å². The molecule has 0 saturated carbocycles. The molecule has 16 nitrogen and oxygen atoms in total. The maximum Gasteiger partial charge on any atom is 0.227 e. The molecule has 2 saturated heterocycles. The van der Waals surface area contributed by atoms with Crippen molar-refractivity contribution in [2.24, 2.45) is 19.8 Å². The molecule has 4 aromatic heterocycles. The number of aromatic nitrogens is 8. The van der Waals surface area contributed by atoms with Gasteiger partial charge in [0, 0.05) is 89.2 Å². The number of hydrogen-bond donors (Lipinski definition) is 4. The number of amides is 1. The molecule has 2 fully saturated rings. The Hall–Kier alpha value is -5.78. The molecule has 2 aliphatic rings. The summed E-state index contributed by atoms with van der Waals surface area (Å²) in [7, 11) is 3.73. The van der Waals surface area contributed by atoms with Crippen LogP contribution in [0.25, 0.3) is 22.5 Å². The predicted octanol–water partition coefficient (Wildman–Crippen LogP) is 6.69. The molecule has 0 atom stereocenters. The van der Waals surface area contributed by atoms with Crippen LogP contribution in [0.15, 0.2) is 85.7 Å². The molecule has 0 aliphatic carbocycles. The summed E-state index contributed by atoms with van der Waals surface area (Å²) in [6.07, 6.45) is 13.2. The van der Waals surface area contributed by atoms with Crippen molar-refractivity contribution in [3.05, 3.63) is 108 Å². The van der Waals surface area contributed by atoms with E-state index in [1.165, 1.54) is 11.1 Å². The average Bonchev–Trinajstić information content (AvgIpc) is 3.83. The summed E-state index contributed by atoms with van der Waals surface area (Å²) >= 11 is 0. The van der Waals surface area contributed by atoms with Crippen molar-refractivity contribution in [3.63, 3.8) is 0 Å². The van der Waals surface area contributed by atoms with Crippen molar-refractivity contribution in [1.29, 1.82) is 0 Å². The molecule has 336 valence electrons. The lowest BCUT2D eigenvalue weighted by Crippen LogP contribution is -2.55. The first-order valence-corrected chi connectivity index (χ1v) is 21.2. The van der Waals surface area contributed by atoms with E-state index in [0.29, 0.717) is 50.2 Å². The monoisotopic (exact) mass is 879 g/mol. The normalized spacial score (nSPS) is 13.5. The van der Waals surface area contributed by atoms with Crippen LogP contribution in [0.5, 0.6) is 0 Å². The van der Waals surface area contributed by atoms with E-state index in [1.54, 1.807) is 34.2 Å². The van der Waals surface area contributed by atoms with E-state index in [1.807, 2.05) is 69.5 Å². The Morgan fingerprint density at radius 3 is 1.65 bits per heavy atom. The van der Waals surface area contributed by atoms with Gasteiger partial charge < -0.3 is 36.1 Å². The molecule has 63 heavy (non-hydrogen) atoms. The predicted molar refractivity (Wildman–Crippen MR) is 250 cm³/mol. The van der Waals surface area contributed by atoms with Crippen molar-refractivity contribution in [3.8, 4) is 22.5 Å². The largest absolute Gasteiger partial charge is 0.373 e. The summed E-state index contributed by atoms with van der Waals surface area (Å²) in [5.41, 5.74) is 15.8. The molecule has 6 aromatic rings. The van der Waals surface area contributed by atoms with Crippen LogP contribution in [-0.4, -0.2) is 101 Å². The van der Waals surface area contributed by atoms with Gasteiger partial charge in [-0.25, -0.2) is 19.9 Å². The number of nitrogens with two attached hydrogens (primary N) is 1. The van der Waals surface area contributed by atoms with Crippen molar-refractivity contribution in [1.82, 2.24) is 49.7 Å². The number of hydrogen-bond acceptors (Lipinski definition) is 13. The summed E-state index contributed by atoms with van der Waals surface area (Å²) in [5, 5.41) is 17.7. The van der Waals surface area contributed by atoms with E-state index >= 15 is 0 Å². The van der Waals surface area contributed by atoms with Crippen molar-refractivity contribution >= 4 is 41.6 Å². The minimum absolute atomic E-state index is 0. The maximum atomic E-state index is 12.5.